The normalized spacial score (nSPS) is 15.0. The summed E-state index contributed by atoms with van der Waals surface area (Å²) in [6.45, 7) is 6.67. The monoisotopic (exact) mass is 589 g/mol. The Hall–Kier alpha value is -4.03. The highest BCUT2D eigenvalue weighted by atomic mass is 32.1. The number of thiocarbonyl (C=S) groups is 1. The molecule has 5 aromatic rings. The van der Waals surface area contributed by atoms with Gasteiger partial charge in [-0.15, -0.1) is 0 Å². The van der Waals surface area contributed by atoms with Crippen molar-refractivity contribution in [2.75, 3.05) is 6.61 Å². The first-order chi connectivity index (χ1) is 20.9. The summed E-state index contributed by atoms with van der Waals surface area (Å²) < 4.78 is 7.79. The van der Waals surface area contributed by atoms with Crippen LogP contribution in [0.1, 0.15) is 72.5 Å². The number of pyridine rings is 1. The van der Waals surface area contributed by atoms with Gasteiger partial charge in [0, 0.05) is 35.9 Å². The highest BCUT2D eigenvalue weighted by Gasteiger charge is 2.31. The molecule has 0 aliphatic heterocycles. The van der Waals surface area contributed by atoms with Crippen LogP contribution in [0, 0.1) is 19.8 Å². The Balaban J connectivity index is 1.29. The lowest BCUT2D eigenvalue weighted by Crippen LogP contribution is -2.36. The van der Waals surface area contributed by atoms with Gasteiger partial charge in [-0.25, -0.2) is 4.98 Å². The van der Waals surface area contributed by atoms with Gasteiger partial charge in [-0.1, -0.05) is 97.9 Å². The molecule has 1 aliphatic rings. The van der Waals surface area contributed by atoms with Crippen molar-refractivity contribution in [2.24, 2.45) is 5.92 Å². The average molecular weight is 590 g/mol. The highest BCUT2D eigenvalue weighted by molar-refractivity contribution is 7.80. The number of benzene rings is 3. The highest BCUT2D eigenvalue weighted by Crippen LogP contribution is 2.39. The van der Waals surface area contributed by atoms with Gasteiger partial charge in [0.15, 0.2) is 0 Å². The molecule has 0 bridgehead atoms. The lowest BCUT2D eigenvalue weighted by Gasteiger charge is -2.29. The van der Waals surface area contributed by atoms with Crippen molar-refractivity contribution in [1.29, 1.82) is 0 Å². The Kier molecular flexibility index (Phi) is 8.57. The van der Waals surface area contributed by atoms with Crippen LogP contribution >= 0.6 is 12.2 Å². The standard InChI is InChI=1S/C37H39N3O2S/c1-24-21-25(2)38-36-34(24)31-15-9-10-16-33(31)40(36)22-27-17-19-30(20-18-27)35(29-13-7-8-14-29)37(43)39-32(23-42-26(3)41)28-11-5-4-6-12-28/h4-6,9-12,15-21,29,32,35H,7-8,13-14,22-23H2,1-3H3,(H,39,43)/t32?,35-/m0/s1. The molecule has 0 amide bonds. The number of aryl methyl sites for hydroxylation is 2. The third-order valence-electron chi connectivity index (χ3n) is 8.85. The lowest BCUT2D eigenvalue weighted by atomic mass is 9.84. The average Bonchev–Trinajstić information content (AvgIpc) is 3.64. The van der Waals surface area contributed by atoms with E-state index in [1.54, 1.807) is 0 Å². The number of aromatic nitrogens is 2. The zero-order valence-electron chi connectivity index (χ0n) is 25.2. The zero-order chi connectivity index (χ0) is 29.9. The van der Waals surface area contributed by atoms with Crippen LogP contribution in [-0.2, 0) is 16.1 Å². The topological polar surface area (TPSA) is 56.1 Å². The number of carbonyl (C=O) groups excluding carboxylic acids is 1. The SMILES string of the molecule is CC(=O)OCC(NC(=S)[C@H](c1ccc(Cn2c3ccccc3c3c(C)cc(C)nc32)cc1)C1CCCC1)c1ccccc1. The van der Waals surface area contributed by atoms with Crippen molar-refractivity contribution in [3.63, 3.8) is 0 Å². The molecule has 1 fully saturated rings. The quantitative estimate of drug-likeness (QED) is 0.138. The summed E-state index contributed by atoms with van der Waals surface area (Å²) in [6, 6.07) is 29.7. The number of rotatable bonds is 9. The number of nitrogens with one attached hydrogen (secondary N) is 1. The van der Waals surface area contributed by atoms with Gasteiger partial charge in [0.1, 0.15) is 12.3 Å². The van der Waals surface area contributed by atoms with E-state index < -0.39 is 0 Å². The molecule has 6 heteroatoms. The summed E-state index contributed by atoms with van der Waals surface area (Å²) in [5.74, 6) is 0.305. The molecule has 1 saturated carbocycles. The summed E-state index contributed by atoms with van der Waals surface area (Å²) in [5, 5.41) is 6.09. The van der Waals surface area contributed by atoms with Crippen LogP contribution in [0.5, 0.6) is 0 Å². The van der Waals surface area contributed by atoms with Crippen LogP contribution in [-0.4, -0.2) is 27.1 Å². The zero-order valence-corrected chi connectivity index (χ0v) is 26.0. The number of nitrogens with zero attached hydrogens (tertiary/aromatic N) is 2. The van der Waals surface area contributed by atoms with Gasteiger partial charge >= 0.3 is 5.97 Å². The van der Waals surface area contributed by atoms with Gasteiger partial charge in [0.25, 0.3) is 0 Å². The first-order valence-electron chi connectivity index (χ1n) is 15.3. The molecule has 220 valence electrons. The Morgan fingerprint density at radius 3 is 2.40 bits per heavy atom. The third kappa shape index (κ3) is 6.21. The van der Waals surface area contributed by atoms with Crippen molar-refractivity contribution < 1.29 is 9.53 Å². The summed E-state index contributed by atoms with van der Waals surface area (Å²) in [5.41, 5.74) is 8.06. The van der Waals surface area contributed by atoms with E-state index in [2.05, 4.69) is 90.5 Å². The maximum atomic E-state index is 11.7. The van der Waals surface area contributed by atoms with E-state index in [4.69, 9.17) is 21.9 Å². The molecule has 5 nitrogen and oxygen atoms in total. The number of ether oxygens (including phenoxy) is 1. The number of fused-ring (bicyclic) bond motifs is 3. The van der Waals surface area contributed by atoms with Crippen LogP contribution in [0.25, 0.3) is 21.9 Å². The first kappa shape index (κ1) is 29.1. The van der Waals surface area contributed by atoms with Crippen molar-refractivity contribution >= 4 is 45.1 Å². The number of para-hydroxylation sites is 1. The summed E-state index contributed by atoms with van der Waals surface area (Å²) >= 11 is 6.14. The van der Waals surface area contributed by atoms with E-state index in [0.717, 1.165) is 28.4 Å². The molecule has 1 N–H and O–H groups in total. The number of hydrogen-bond donors (Lipinski definition) is 1. The van der Waals surface area contributed by atoms with Gasteiger partial charge in [0.2, 0.25) is 0 Å². The maximum Gasteiger partial charge on any atom is 0.302 e. The Morgan fingerprint density at radius 2 is 1.67 bits per heavy atom. The van der Waals surface area contributed by atoms with Crippen LogP contribution < -0.4 is 5.32 Å². The van der Waals surface area contributed by atoms with Crippen LogP contribution in [0.2, 0.25) is 0 Å². The second-order valence-corrected chi connectivity index (χ2v) is 12.4. The van der Waals surface area contributed by atoms with Crippen LogP contribution in [0.3, 0.4) is 0 Å². The molecule has 2 heterocycles. The molecule has 43 heavy (non-hydrogen) atoms. The first-order valence-corrected chi connectivity index (χ1v) is 15.7. The van der Waals surface area contributed by atoms with E-state index in [-0.39, 0.29) is 24.5 Å². The lowest BCUT2D eigenvalue weighted by molar-refractivity contribution is -0.141. The predicted octanol–water partition coefficient (Wildman–Crippen LogP) is 8.35. The molecule has 1 unspecified atom stereocenters. The van der Waals surface area contributed by atoms with Gasteiger partial charge in [-0.3, -0.25) is 4.79 Å². The third-order valence-corrected chi connectivity index (χ3v) is 9.22. The number of carbonyl (C=O) groups is 1. The van der Waals surface area contributed by atoms with Crippen molar-refractivity contribution in [3.8, 4) is 0 Å². The molecule has 0 radical (unpaired) electrons. The molecule has 0 saturated heterocycles. The van der Waals surface area contributed by atoms with E-state index in [9.17, 15) is 4.79 Å². The van der Waals surface area contributed by atoms with Crippen molar-refractivity contribution in [3.05, 3.63) is 113 Å². The Labute approximate surface area is 259 Å². The fraction of sp³-hybridized carbons (Fsp3) is 0.324. The van der Waals surface area contributed by atoms with Crippen molar-refractivity contribution in [1.82, 2.24) is 14.9 Å². The Bertz CT molecular complexity index is 1750. The van der Waals surface area contributed by atoms with Crippen LogP contribution in [0.4, 0.5) is 0 Å². The van der Waals surface area contributed by atoms with Gasteiger partial charge in [0.05, 0.1) is 16.5 Å². The minimum atomic E-state index is -0.291. The fourth-order valence-electron chi connectivity index (χ4n) is 6.85. The molecule has 0 spiro atoms. The number of hydrogen-bond acceptors (Lipinski definition) is 4. The summed E-state index contributed by atoms with van der Waals surface area (Å²) in [4.78, 5) is 17.5. The molecule has 2 aromatic heterocycles. The van der Waals surface area contributed by atoms with Crippen LogP contribution in [0.15, 0.2) is 84.9 Å². The molecular formula is C37H39N3O2S. The fourth-order valence-corrected chi connectivity index (χ4v) is 7.32. The van der Waals surface area contributed by atoms with E-state index in [1.807, 2.05) is 18.2 Å². The predicted molar refractivity (Wildman–Crippen MR) is 179 cm³/mol. The van der Waals surface area contributed by atoms with Gasteiger partial charge in [-0.05, 0) is 67.0 Å². The van der Waals surface area contributed by atoms with Gasteiger partial charge in [-0.2, -0.15) is 0 Å². The van der Waals surface area contributed by atoms with Gasteiger partial charge < -0.3 is 14.6 Å². The maximum absolute atomic E-state index is 11.7. The summed E-state index contributed by atoms with van der Waals surface area (Å²) in [6.07, 6.45) is 4.80. The molecule has 1 aliphatic carbocycles. The molecule has 2 atom stereocenters. The van der Waals surface area contributed by atoms with E-state index >= 15 is 0 Å². The van der Waals surface area contributed by atoms with E-state index in [0.29, 0.717) is 5.92 Å². The molecule has 3 aromatic carbocycles. The minimum Gasteiger partial charge on any atom is -0.463 e. The largest absolute Gasteiger partial charge is 0.463 e. The smallest absolute Gasteiger partial charge is 0.302 e. The second-order valence-electron chi connectivity index (χ2n) is 11.9. The minimum absolute atomic E-state index is 0.107. The van der Waals surface area contributed by atoms with Crippen molar-refractivity contribution in [2.45, 2.75) is 65.0 Å². The van der Waals surface area contributed by atoms with E-state index in [1.165, 1.54) is 65.6 Å². The second kappa shape index (κ2) is 12.7. The number of esters is 1. The molecular weight excluding hydrogens is 550 g/mol. The summed E-state index contributed by atoms with van der Waals surface area (Å²) in [7, 11) is 0. The molecule has 6 rings (SSSR count). The Morgan fingerprint density at radius 1 is 0.977 bits per heavy atom.